The van der Waals surface area contributed by atoms with Gasteiger partial charge in [0.2, 0.25) is 0 Å². The number of ether oxygens (including phenoxy) is 1. The first-order chi connectivity index (χ1) is 6.72. The smallest absolute Gasteiger partial charge is 0.119 e. The summed E-state index contributed by atoms with van der Waals surface area (Å²) in [7, 11) is 1.97. The van der Waals surface area contributed by atoms with Gasteiger partial charge >= 0.3 is 0 Å². The van der Waals surface area contributed by atoms with Crippen LogP contribution in [0.5, 0.6) is 5.75 Å². The highest BCUT2D eigenvalue weighted by molar-refractivity contribution is 5.27. The van der Waals surface area contributed by atoms with Crippen molar-refractivity contribution in [3.63, 3.8) is 0 Å². The molecule has 0 aliphatic rings. The lowest BCUT2D eigenvalue weighted by atomic mass is 10.1. The third kappa shape index (κ3) is 3.79. The molecule has 0 saturated carbocycles. The van der Waals surface area contributed by atoms with Gasteiger partial charge in [-0.1, -0.05) is 12.1 Å². The Morgan fingerprint density at radius 2 is 1.86 bits per heavy atom. The van der Waals surface area contributed by atoms with Gasteiger partial charge in [-0.25, -0.2) is 0 Å². The van der Waals surface area contributed by atoms with Gasteiger partial charge in [-0.15, -0.1) is 0 Å². The van der Waals surface area contributed by atoms with Gasteiger partial charge in [0.15, 0.2) is 0 Å². The van der Waals surface area contributed by atoms with Crippen molar-refractivity contribution in [1.29, 1.82) is 0 Å². The fraction of sp³-hybridized carbons (Fsp3) is 0.500. The Balaban J connectivity index is 2.50. The SMILES string of the molecule is CNCCc1ccc(OC(C)C)cc1. The van der Waals surface area contributed by atoms with E-state index in [-0.39, 0.29) is 6.10 Å². The Bertz CT molecular complexity index is 254. The van der Waals surface area contributed by atoms with E-state index in [4.69, 9.17) is 4.74 Å². The number of rotatable bonds is 5. The summed E-state index contributed by atoms with van der Waals surface area (Å²) in [6.45, 7) is 5.09. The van der Waals surface area contributed by atoms with Gasteiger partial charge in [-0.05, 0) is 51.6 Å². The summed E-state index contributed by atoms with van der Waals surface area (Å²) in [6, 6.07) is 8.31. The third-order valence-electron chi connectivity index (χ3n) is 1.96. The van der Waals surface area contributed by atoms with Crippen molar-refractivity contribution >= 4 is 0 Å². The van der Waals surface area contributed by atoms with Crippen LogP contribution in [0, 0.1) is 0 Å². The number of likely N-dealkylation sites (N-methyl/N-ethyl adjacent to an activating group) is 1. The average Bonchev–Trinajstić information content (AvgIpc) is 2.16. The molecule has 2 nitrogen and oxygen atoms in total. The maximum Gasteiger partial charge on any atom is 0.119 e. The van der Waals surface area contributed by atoms with Crippen molar-refractivity contribution in [1.82, 2.24) is 5.32 Å². The monoisotopic (exact) mass is 193 g/mol. The fourth-order valence-electron chi connectivity index (χ4n) is 1.28. The van der Waals surface area contributed by atoms with Crippen LogP contribution in [0.3, 0.4) is 0 Å². The minimum Gasteiger partial charge on any atom is -0.491 e. The van der Waals surface area contributed by atoms with E-state index in [0.29, 0.717) is 0 Å². The molecule has 0 heterocycles. The molecular formula is C12H19NO. The molecule has 0 saturated heterocycles. The molecule has 0 aliphatic heterocycles. The van der Waals surface area contributed by atoms with E-state index in [2.05, 4.69) is 17.4 Å². The van der Waals surface area contributed by atoms with Gasteiger partial charge in [0.25, 0.3) is 0 Å². The van der Waals surface area contributed by atoms with Gasteiger partial charge < -0.3 is 10.1 Å². The molecule has 1 rings (SSSR count). The first-order valence-corrected chi connectivity index (χ1v) is 5.12. The van der Waals surface area contributed by atoms with E-state index in [1.807, 2.05) is 33.0 Å². The molecule has 1 aromatic rings. The van der Waals surface area contributed by atoms with Crippen molar-refractivity contribution < 1.29 is 4.74 Å². The second-order valence-electron chi connectivity index (χ2n) is 3.66. The number of hydrogen-bond donors (Lipinski definition) is 1. The highest BCUT2D eigenvalue weighted by Crippen LogP contribution is 2.13. The van der Waals surface area contributed by atoms with Crippen LogP contribution in [0.15, 0.2) is 24.3 Å². The van der Waals surface area contributed by atoms with Crippen LogP contribution in [0.25, 0.3) is 0 Å². The van der Waals surface area contributed by atoms with Crippen LogP contribution in [-0.4, -0.2) is 19.7 Å². The van der Waals surface area contributed by atoms with Crippen LogP contribution in [0.1, 0.15) is 19.4 Å². The molecule has 0 unspecified atom stereocenters. The predicted molar refractivity (Wildman–Crippen MR) is 59.8 cm³/mol. The molecule has 2 heteroatoms. The Morgan fingerprint density at radius 3 is 2.36 bits per heavy atom. The summed E-state index contributed by atoms with van der Waals surface area (Å²) >= 11 is 0. The second kappa shape index (κ2) is 5.66. The van der Waals surface area contributed by atoms with E-state index in [1.54, 1.807) is 0 Å². The summed E-state index contributed by atoms with van der Waals surface area (Å²) in [5, 5.41) is 3.13. The van der Waals surface area contributed by atoms with Crippen molar-refractivity contribution in [3.05, 3.63) is 29.8 Å². The van der Waals surface area contributed by atoms with Crippen molar-refractivity contribution in [2.45, 2.75) is 26.4 Å². The van der Waals surface area contributed by atoms with E-state index < -0.39 is 0 Å². The Hall–Kier alpha value is -1.02. The zero-order chi connectivity index (χ0) is 10.4. The molecule has 0 spiro atoms. The zero-order valence-corrected chi connectivity index (χ0v) is 9.21. The second-order valence-corrected chi connectivity index (χ2v) is 3.66. The predicted octanol–water partition coefficient (Wildman–Crippen LogP) is 2.24. The van der Waals surface area contributed by atoms with Crippen LogP contribution in [0.2, 0.25) is 0 Å². The minimum absolute atomic E-state index is 0.248. The molecule has 1 N–H and O–H groups in total. The molecule has 0 aliphatic carbocycles. The number of benzene rings is 1. The summed E-state index contributed by atoms with van der Waals surface area (Å²) in [6.07, 6.45) is 1.32. The Morgan fingerprint density at radius 1 is 1.21 bits per heavy atom. The Labute approximate surface area is 86.3 Å². The average molecular weight is 193 g/mol. The van der Waals surface area contributed by atoms with Crippen molar-refractivity contribution in [2.24, 2.45) is 0 Å². The normalized spacial score (nSPS) is 10.6. The molecule has 0 radical (unpaired) electrons. The molecule has 14 heavy (non-hydrogen) atoms. The fourth-order valence-corrected chi connectivity index (χ4v) is 1.28. The topological polar surface area (TPSA) is 21.3 Å². The van der Waals surface area contributed by atoms with E-state index in [0.717, 1.165) is 18.7 Å². The lowest BCUT2D eigenvalue weighted by Gasteiger charge is -2.09. The van der Waals surface area contributed by atoms with Gasteiger partial charge in [-0.3, -0.25) is 0 Å². The van der Waals surface area contributed by atoms with Crippen LogP contribution >= 0.6 is 0 Å². The van der Waals surface area contributed by atoms with Crippen LogP contribution < -0.4 is 10.1 Å². The van der Waals surface area contributed by atoms with Crippen molar-refractivity contribution in [3.8, 4) is 5.75 Å². The van der Waals surface area contributed by atoms with Gasteiger partial charge in [0.05, 0.1) is 6.10 Å². The first-order valence-electron chi connectivity index (χ1n) is 5.12. The third-order valence-corrected chi connectivity index (χ3v) is 1.96. The van der Waals surface area contributed by atoms with Gasteiger partial charge in [0, 0.05) is 0 Å². The van der Waals surface area contributed by atoms with Crippen molar-refractivity contribution in [2.75, 3.05) is 13.6 Å². The standard InChI is InChI=1S/C12H19NO/c1-10(2)14-12-6-4-11(5-7-12)8-9-13-3/h4-7,10,13H,8-9H2,1-3H3. The summed E-state index contributed by atoms with van der Waals surface area (Å²) in [4.78, 5) is 0. The summed E-state index contributed by atoms with van der Waals surface area (Å²) in [5.74, 6) is 0.952. The highest BCUT2D eigenvalue weighted by Gasteiger charge is 1.97. The van der Waals surface area contributed by atoms with Gasteiger partial charge in [0.1, 0.15) is 5.75 Å². The largest absolute Gasteiger partial charge is 0.491 e. The molecular weight excluding hydrogens is 174 g/mol. The molecule has 0 amide bonds. The number of nitrogens with one attached hydrogen (secondary N) is 1. The molecule has 0 aromatic heterocycles. The van der Waals surface area contributed by atoms with E-state index >= 15 is 0 Å². The van der Waals surface area contributed by atoms with E-state index in [9.17, 15) is 0 Å². The quantitative estimate of drug-likeness (QED) is 0.774. The minimum atomic E-state index is 0.248. The lowest BCUT2D eigenvalue weighted by Crippen LogP contribution is -2.10. The summed E-state index contributed by atoms with van der Waals surface area (Å²) in [5.41, 5.74) is 1.34. The van der Waals surface area contributed by atoms with Crippen LogP contribution in [-0.2, 0) is 6.42 Å². The lowest BCUT2D eigenvalue weighted by molar-refractivity contribution is 0.242. The number of hydrogen-bond acceptors (Lipinski definition) is 2. The molecule has 0 atom stereocenters. The maximum absolute atomic E-state index is 5.56. The van der Waals surface area contributed by atoms with Crippen LogP contribution in [0.4, 0.5) is 0 Å². The molecule has 0 bridgehead atoms. The molecule has 1 aromatic carbocycles. The first kappa shape index (κ1) is 11.1. The zero-order valence-electron chi connectivity index (χ0n) is 9.21. The van der Waals surface area contributed by atoms with Gasteiger partial charge in [-0.2, -0.15) is 0 Å². The summed E-state index contributed by atoms with van der Waals surface area (Å²) < 4.78 is 5.56. The molecule has 0 fully saturated rings. The highest BCUT2D eigenvalue weighted by atomic mass is 16.5. The molecule has 78 valence electrons. The Kier molecular flexibility index (Phi) is 4.47. The maximum atomic E-state index is 5.56. The van der Waals surface area contributed by atoms with E-state index in [1.165, 1.54) is 5.56 Å².